The summed E-state index contributed by atoms with van der Waals surface area (Å²) in [4.78, 5) is 19.3. The monoisotopic (exact) mass is 239 g/mol. The minimum Gasteiger partial charge on any atom is -1.00 e. The maximum atomic E-state index is 10.5. The molecule has 0 rings (SSSR count). The number of aliphatic hydroxyl groups is 1. The van der Waals surface area contributed by atoms with Crippen LogP contribution in [0.3, 0.4) is 0 Å². The van der Waals surface area contributed by atoms with E-state index in [0.717, 1.165) is 6.08 Å². The molecule has 0 bridgehead atoms. The van der Waals surface area contributed by atoms with Gasteiger partial charge < -0.3 is 22.0 Å². The number of hydrogen-bond acceptors (Lipinski definition) is 4. The standard InChI is InChI=1S/C9H18NO4.ClH/c1-5-9(12)14-13-7-8(11)6-10(2,3)4;/h5,8,11H,1,6-7H2,2-4H3;1H/q+1;/p-1. The molecule has 0 saturated heterocycles. The van der Waals surface area contributed by atoms with Gasteiger partial charge in [0.1, 0.15) is 19.3 Å². The van der Waals surface area contributed by atoms with Gasteiger partial charge in [-0.05, 0) is 0 Å². The van der Waals surface area contributed by atoms with E-state index in [1.807, 2.05) is 21.1 Å². The Morgan fingerprint density at radius 1 is 1.53 bits per heavy atom. The molecule has 1 N–H and O–H groups in total. The SMILES string of the molecule is C=CC(=O)OOCC(O)C[N+](C)(C)C.[Cl-]. The number of carbonyl (C=O) groups is 1. The summed E-state index contributed by atoms with van der Waals surface area (Å²) in [5.41, 5.74) is 0. The number of rotatable bonds is 6. The fourth-order valence-electron chi connectivity index (χ4n) is 0.890. The van der Waals surface area contributed by atoms with E-state index in [-0.39, 0.29) is 19.0 Å². The van der Waals surface area contributed by atoms with E-state index in [4.69, 9.17) is 0 Å². The lowest BCUT2D eigenvalue weighted by Gasteiger charge is -2.26. The molecule has 90 valence electrons. The molecule has 0 spiro atoms. The summed E-state index contributed by atoms with van der Waals surface area (Å²) in [6, 6.07) is 0. The lowest BCUT2D eigenvalue weighted by molar-refractivity contribution is -0.873. The highest BCUT2D eigenvalue weighted by Gasteiger charge is 2.16. The van der Waals surface area contributed by atoms with Crippen LogP contribution in [0.5, 0.6) is 0 Å². The van der Waals surface area contributed by atoms with Gasteiger partial charge in [0.15, 0.2) is 0 Å². The molecule has 1 unspecified atom stereocenters. The fraction of sp³-hybridized carbons (Fsp3) is 0.667. The molecule has 5 nitrogen and oxygen atoms in total. The molecule has 1 atom stereocenters. The number of nitrogens with zero attached hydrogens (tertiary/aromatic N) is 1. The first-order valence-corrected chi connectivity index (χ1v) is 4.29. The number of carbonyl (C=O) groups excluding carboxylic acids is 1. The summed E-state index contributed by atoms with van der Waals surface area (Å²) in [7, 11) is 5.83. The molecule has 0 radical (unpaired) electrons. The van der Waals surface area contributed by atoms with E-state index in [1.165, 1.54) is 0 Å². The van der Waals surface area contributed by atoms with Gasteiger partial charge in [-0.3, -0.25) is 4.89 Å². The van der Waals surface area contributed by atoms with Gasteiger partial charge in [0, 0.05) is 6.08 Å². The largest absolute Gasteiger partial charge is 1.00 e. The highest BCUT2D eigenvalue weighted by atomic mass is 35.5. The zero-order chi connectivity index (χ0) is 11.2. The molecule has 0 fully saturated rings. The van der Waals surface area contributed by atoms with Crippen LogP contribution in [-0.2, 0) is 14.6 Å². The lowest BCUT2D eigenvalue weighted by Crippen LogP contribution is -3.00. The second kappa shape index (κ2) is 7.64. The molecule has 0 saturated carbocycles. The fourth-order valence-corrected chi connectivity index (χ4v) is 0.890. The predicted molar refractivity (Wildman–Crippen MR) is 51.1 cm³/mol. The van der Waals surface area contributed by atoms with Crippen molar-refractivity contribution in [1.29, 1.82) is 0 Å². The summed E-state index contributed by atoms with van der Waals surface area (Å²) in [5.74, 6) is -0.664. The molecular weight excluding hydrogens is 222 g/mol. The normalized spacial score (nSPS) is 12.5. The summed E-state index contributed by atoms with van der Waals surface area (Å²) in [6.45, 7) is 3.68. The molecule has 0 aromatic carbocycles. The van der Waals surface area contributed by atoms with Gasteiger partial charge in [-0.2, -0.15) is 4.89 Å². The van der Waals surface area contributed by atoms with Crippen LogP contribution in [0.2, 0.25) is 0 Å². The Bertz CT molecular complexity index is 203. The Kier molecular flexibility index (Phi) is 8.56. The van der Waals surface area contributed by atoms with Crippen LogP contribution in [-0.4, -0.2) is 56.0 Å². The molecular formula is C9H18ClNO4. The quantitative estimate of drug-likeness (QED) is 0.229. The van der Waals surface area contributed by atoms with Crippen LogP contribution in [0, 0.1) is 0 Å². The van der Waals surface area contributed by atoms with E-state index in [2.05, 4.69) is 16.4 Å². The first kappa shape index (κ1) is 16.8. The van der Waals surface area contributed by atoms with Crippen molar-refractivity contribution in [2.75, 3.05) is 34.3 Å². The minimum atomic E-state index is -0.664. The number of hydrogen-bond donors (Lipinski definition) is 1. The summed E-state index contributed by atoms with van der Waals surface area (Å²) < 4.78 is 0.611. The Labute approximate surface area is 96.2 Å². The van der Waals surface area contributed by atoms with Crippen LogP contribution < -0.4 is 12.4 Å². The Balaban J connectivity index is 0. The summed E-state index contributed by atoms with van der Waals surface area (Å²) >= 11 is 0. The predicted octanol–water partition coefficient (Wildman–Crippen LogP) is -3.28. The molecule has 0 aliphatic carbocycles. The molecule has 0 heterocycles. The van der Waals surface area contributed by atoms with Gasteiger partial charge in [0.25, 0.3) is 0 Å². The van der Waals surface area contributed by atoms with Crippen LogP contribution in [0.4, 0.5) is 0 Å². The zero-order valence-corrected chi connectivity index (χ0v) is 10.0. The maximum Gasteiger partial charge on any atom is 0.365 e. The maximum absolute atomic E-state index is 10.5. The minimum absolute atomic E-state index is 0. The third kappa shape index (κ3) is 11.3. The van der Waals surface area contributed by atoms with Gasteiger partial charge in [0.05, 0.1) is 21.1 Å². The number of aliphatic hydroxyl groups excluding tert-OH is 1. The number of quaternary nitrogens is 1. The first-order valence-electron chi connectivity index (χ1n) is 4.29. The molecule has 0 aromatic rings. The number of halogens is 1. The summed E-state index contributed by atoms with van der Waals surface area (Å²) in [5, 5.41) is 9.41. The second-order valence-corrected chi connectivity index (χ2v) is 4.02. The third-order valence-corrected chi connectivity index (χ3v) is 1.33. The van der Waals surface area contributed by atoms with E-state index in [1.54, 1.807) is 0 Å². The van der Waals surface area contributed by atoms with E-state index >= 15 is 0 Å². The van der Waals surface area contributed by atoms with E-state index < -0.39 is 12.1 Å². The average molecular weight is 240 g/mol. The van der Waals surface area contributed by atoms with Crippen LogP contribution >= 0.6 is 0 Å². The van der Waals surface area contributed by atoms with Crippen LogP contribution in [0.1, 0.15) is 0 Å². The Hall–Kier alpha value is -0.620. The average Bonchev–Trinajstić information content (AvgIpc) is 2.00. The lowest BCUT2D eigenvalue weighted by atomic mass is 10.3. The Morgan fingerprint density at radius 3 is 2.47 bits per heavy atom. The van der Waals surface area contributed by atoms with Gasteiger partial charge >= 0.3 is 5.97 Å². The van der Waals surface area contributed by atoms with E-state index in [9.17, 15) is 9.90 Å². The van der Waals surface area contributed by atoms with Crippen molar-refractivity contribution in [3.63, 3.8) is 0 Å². The van der Waals surface area contributed by atoms with Crippen LogP contribution in [0.25, 0.3) is 0 Å². The molecule has 0 aromatic heterocycles. The molecule has 0 amide bonds. The smallest absolute Gasteiger partial charge is 0.365 e. The number of likely N-dealkylation sites (N-methyl/N-ethyl adjacent to an activating group) is 1. The molecule has 6 heteroatoms. The van der Waals surface area contributed by atoms with Crippen molar-refractivity contribution >= 4 is 5.97 Å². The van der Waals surface area contributed by atoms with Gasteiger partial charge in [0.2, 0.25) is 0 Å². The summed E-state index contributed by atoms with van der Waals surface area (Å²) in [6.07, 6.45) is 0.333. The third-order valence-electron chi connectivity index (χ3n) is 1.33. The topological polar surface area (TPSA) is 55.8 Å². The van der Waals surface area contributed by atoms with Crippen molar-refractivity contribution in [1.82, 2.24) is 0 Å². The highest BCUT2D eigenvalue weighted by molar-refractivity contribution is 5.80. The molecule has 0 aliphatic heterocycles. The zero-order valence-electron chi connectivity index (χ0n) is 9.27. The van der Waals surface area contributed by atoms with Crippen molar-refractivity contribution in [2.24, 2.45) is 0 Å². The molecule has 15 heavy (non-hydrogen) atoms. The van der Waals surface area contributed by atoms with Crippen molar-refractivity contribution in [3.8, 4) is 0 Å². The van der Waals surface area contributed by atoms with Gasteiger partial charge in [-0.1, -0.05) is 6.58 Å². The Morgan fingerprint density at radius 2 is 2.07 bits per heavy atom. The van der Waals surface area contributed by atoms with Gasteiger partial charge in [-0.25, -0.2) is 4.79 Å². The molecule has 0 aliphatic rings. The second-order valence-electron chi connectivity index (χ2n) is 4.02. The van der Waals surface area contributed by atoms with Crippen molar-refractivity contribution in [2.45, 2.75) is 6.10 Å². The van der Waals surface area contributed by atoms with E-state index in [0.29, 0.717) is 11.0 Å². The van der Waals surface area contributed by atoms with Crippen molar-refractivity contribution in [3.05, 3.63) is 12.7 Å². The first-order chi connectivity index (χ1) is 6.35. The highest BCUT2D eigenvalue weighted by Crippen LogP contribution is 1.96. The van der Waals surface area contributed by atoms with Gasteiger partial charge in [-0.15, -0.1) is 0 Å². The van der Waals surface area contributed by atoms with Crippen molar-refractivity contribution < 1.29 is 36.6 Å². The van der Waals surface area contributed by atoms with Crippen LogP contribution in [0.15, 0.2) is 12.7 Å².